The van der Waals surface area contributed by atoms with Gasteiger partial charge in [-0.05, 0) is 73.9 Å². The van der Waals surface area contributed by atoms with E-state index in [1.165, 1.54) is 44.4 Å². The summed E-state index contributed by atoms with van der Waals surface area (Å²) in [5.74, 6) is -1.37. The number of hydrogen-bond acceptors (Lipinski definition) is 7. The van der Waals surface area contributed by atoms with Gasteiger partial charge in [0.1, 0.15) is 18.1 Å². The number of rotatable bonds is 12. The predicted octanol–water partition coefficient (Wildman–Crippen LogP) is 4.82. The minimum atomic E-state index is -1.06. The second-order valence-corrected chi connectivity index (χ2v) is 9.52. The first-order valence-electron chi connectivity index (χ1n) is 12.3. The first-order chi connectivity index (χ1) is 18.6. The van der Waals surface area contributed by atoms with Gasteiger partial charge in [0.05, 0.1) is 18.8 Å². The van der Waals surface area contributed by atoms with Crippen LogP contribution in [0.2, 0.25) is 5.02 Å². The molecule has 2 atom stereocenters. The number of carboxylic acids is 1. The number of carbonyl (C=O) groups excluding carboxylic acids is 3. The summed E-state index contributed by atoms with van der Waals surface area (Å²) in [6.07, 6.45) is 5.42. The Labute approximate surface area is 232 Å². The number of anilines is 1. The minimum Gasteiger partial charge on any atom is -0.495 e. The third kappa shape index (κ3) is 7.78. The zero-order valence-electron chi connectivity index (χ0n) is 22.0. The Morgan fingerprint density at radius 3 is 2.49 bits per heavy atom. The maximum absolute atomic E-state index is 13.5. The Balaban J connectivity index is 1.96. The van der Waals surface area contributed by atoms with Crippen LogP contribution in [0.25, 0.3) is 5.57 Å². The van der Waals surface area contributed by atoms with E-state index in [0.29, 0.717) is 46.7 Å². The maximum Gasteiger partial charge on any atom is 0.335 e. The molecule has 0 bridgehead atoms. The normalized spacial score (nSPS) is 16.4. The molecule has 9 nitrogen and oxygen atoms in total. The molecule has 1 fully saturated rings. The summed E-state index contributed by atoms with van der Waals surface area (Å²) in [6, 6.07) is 9.91. The number of methoxy groups -OCH3 is 1. The molecule has 1 heterocycles. The lowest BCUT2D eigenvalue weighted by Crippen LogP contribution is -2.41. The Hall–Kier alpha value is -3.95. The van der Waals surface area contributed by atoms with E-state index in [1.54, 1.807) is 36.3 Å². The van der Waals surface area contributed by atoms with Gasteiger partial charge in [0.15, 0.2) is 5.78 Å². The zero-order chi connectivity index (χ0) is 28.5. The number of aldehydes is 1. The van der Waals surface area contributed by atoms with Gasteiger partial charge in [-0.15, -0.1) is 0 Å². The molecule has 0 radical (unpaired) electrons. The van der Waals surface area contributed by atoms with Gasteiger partial charge in [0, 0.05) is 48.1 Å². The molecule has 1 aliphatic rings. The topological polar surface area (TPSA) is 122 Å². The summed E-state index contributed by atoms with van der Waals surface area (Å²) in [7, 11) is 3.13. The molecular formula is C29H31ClN2O7. The van der Waals surface area contributed by atoms with Crippen LogP contribution in [-0.4, -0.2) is 66.9 Å². The van der Waals surface area contributed by atoms with E-state index in [0.717, 1.165) is 12.8 Å². The molecule has 2 aromatic rings. The number of carbonyl (C=O) groups is 4. The van der Waals surface area contributed by atoms with E-state index in [2.05, 4.69) is 5.32 Å². The van der Waals surface area contributed by atoms with Gasteiger partial charge in [-0.2, -0.15) is 0 Å². The van der Waals surface area contributed by atoms with Gasteiger partial charge < -0.3 is 24.8 Å². The highest BCUT2D eigenvalue weighted by Gasteiger charge is 2.29. The van der Waals surface area contributed by atoms with Crippen molar-refractivity contribution in [2.75, 3.05) is 26.1 Å². The maximum atomic E-state index is 13.5. The van der Waals surface area contributed by atoms with Crippen molar-refractivity contribution < 1.29 is 33.8 Å². The number of amides is 1. The number of nitrogens with zero attached hydrogens (tertiary/aromatic N) is 1. The van der Waals surface area contributed by atoms with Crippen molar-refractivity contribution in [1.82, 2.24) is 4.90 Å². The van der Waals surface area contributed by atoms with Crippen LogP contribution < -0.4 is 5.32 Å². The molecular weight excluding hydrogens is 524 g/mol. The number of halogens is 1. The van der Waals surface area contributed by atoms with E-state index in [-0.39, 0.29) is 29.1 Å². The van der Waals surface area contributed by atoms with E-state index >= 15 is 0 Å². The number of allylic oxidation sites excluding steroid dienone is 2. The van der Waals surface area contributed by atoms with Crippen LogP contribution in [0.3, 0.4) is 0 Å². The van der Waals surface area contributed by atoms with Gasteiger partial charge in [0.2, 0.25) is 5.91 Å². The standard InChI is InChI=1S/C29H31ClN2O7/c1-18(34)23-11-8-20(30)15-25(23)24(12-13-33)27(38-3)17-32(2)26(16-22-5-4-14-39-22)28(35)31-21-9-6-19(7-10-21)29(36)37/h6-13,15,17,22,26H,4-5,14,16H2,1-3H3,(H,31,35)(H,36,37)/b24-12-,27-17+. The fraction of sp³-hybridized carbons (Fsp3) is 0.310. The van der Waals surface area contributed by atoms with Crippen molar-refractivity contribution in [1.29, 1.82) is 0 Å². The molecule has 0 aromatic heterocycles. The molecule has 10 heteroatoms. The predicted molar refractivity (Wildman–Crippen MR) is 148 cm³/mol. The molecule has 1 saturated heterocycles. The Kier molecular flexibility index (Phi) is 10.4. The summed E-state index contributed by atoms with van der Waals surface area (Å²) in [5, 5.41) is 12.3. The number of likely N-dealkylation sites (N-methyl/N-ethyl adjacent to an activating group) is 1. The van der Waals surface area contributed by atoms with Crippen LogP contribution >= 0.6 is 11.6 Å². The summed E-state index contributed by atoms with van der Waals surface area (Å²) in [6.45, 7) is 2.03. The lowest BCUT2D eigenvalue weighted by atomic mass is 9.95. The quantitative estimate of drug-likeness (QED) is 0.126. The fourth-order valence-corrected chi connectivity index (χ4v) is 4.56. The van der Waals surface area contributed by atoms with Crippen molar-refractivity contribution in [3.05, 3.63) is 82.2 Å². The Morgan fingerprint density at radius 1 is 1.21 bits per heavy atom. The third-order valence-electron chi connectivity index (χ3n) is 6.40. The van der Waals surface area contributed by atoms with Crippen LogP contribution in [-0.2, 0) is 19.1 Å². The second kappa shape index (κ2) is 13.7. The highest BCUT2D eigenvalue weighted by atomic mass is 35.5. The number of benzene rings is 2. The van der Waals surface area contributed by atoms with Gasteiger partial charge >= 0.3 is 5.97 Å². The van der Waals surface area contributed by atoms with E-state index < -0.39 is 12.0 Å². The van der Waals surface area contributed by atoms with Crippen LogP contribution in [0.5, 0.6) is 0 Å². The average molecular weight is 555 g/mol. The van der Waals surface area contributed by atoms with Crippen molar-refractivity contribution >= 4 is 46.8 Å². The van der Waals surface area contributed by atoms with Gasteiger partial charge in [-0.1, -0.05) is 11.6 Å². The van der Waals surface area contributed by atoms with Crippen LogP contribution in [0.4, 0.5) is 5.69 Å². The van der Waals surface area contributed by atoms with Gasteiger partial charge in [-0.25, -0.2) is 4.79 Å². The van der Waals surface area contributed by atoms with Crippen molar-refractivity contribution in [3.8, 4) is 0 Å². The summed E-state index contributed by atoms with van der Waals surface area (Å²) in [5.41, 5.74) is 1.65. The van der Waals surface area contributed by atoms with Gasteiger partial charge in [-0.3, -0.25) is 14.4 Å². The summed E-state index contributed by atoms with van der Waals surface area (Å²) < 4.78 is 11.4. The molecule has 206 valence electrons. The van der Waals surface area contributed by atoms with E-state index in [9.17, 15) is 19.2 Å². The highest BCUT2D eigenvalue weighted by Crippen LogP contribution is 2.30. The number of ether oxygens (including phenoxy) is 2. The monoisotopic (exact) mass is 554 g/mol. The number of carboxylic acid groups (broad SMARTS) is 1. The lowest BCUT2D eigenvalue weighted by Gasteiger charge is -2.29. The molecule has 1 amide bonds. The molecule has 2 unspecified atom stereocenters. The van der Waals surface area contributed by atoms with E-state index in [1.807, 2.05) is 0 Å². The van der Waals surface area contributed by atoms with Crippen LogP contribution in [0.1, 0.15) is 52.5 Å². The summed E-state index contributed by atoms with van der Waals surface area (Å²) >= 11 is 6.21. The van der Waals surface area contributed by atoms with Crippen molar-refractivity contribution in [3.63, 3.8) is 0 Å². The first-order valence-corrected chi connectivity index (χ1v) is 12.7. The molecule has 1 aliphatic heterocycles. The summed E-state index contributed by atoms with van der Waals surface area (Å²) in [4.78, 5) is 50.2. The second-order valence-electron chi connectivity index (χ2n) is 9.08. The number of ketones is 1. The van der Waals surface area contributed by atoms with Crippen LogP contribution in [0.15, 0.2) is 60.5 Å². The SMILES string of the molecule is COC(=C/N(C)C(CC1CCCO1)C(=O)Nc1ccc(C(=O)O)cc1)/C(=C\C=O)c1cc(Cl)ccc1C(C)=O. The Morgan fingerprint density at radius 2 is 1.92 bits per heavy atom. The van der Waals surface area contributed by atoms with Crippen molar-refractivity contribution in [2.24, 2.45) is 0 Å². The molecule has 39 heavy (non-hydrogen) atoms. The molecule has 2 aromatic carbocycles. The molecule has 2 N–H and O–H groups in total. The highest BCUT2D eigenvalue weighted by molar-refractivity contribution is 6.31. The zero-order valence-corrected chi connectivity index (χ0v) is 22.7. The smallest absolute Gasteiger partial charge is 0.335 e. The van der Waals surface area contributed by atoms with Crippen LogP contribution in [0, 0.1) is 0 Å². The number of hydrogen-bond donors (Lipinski definition) is 2. The Bertz CT molecular complexity index is 1280. The lowest BCUT2D eigenvalue weighted by molar-refractivity contribution is -0.121. The third-order valence-corrected chi connectivity index (χ3v) is 6.63. The number of Topliss-reactive ketones (excluding diaryl/α,β-unsaturated/α-hetero) is 1. The largest absolute Gasteiger partial charge is 0.495 e. The molecule has 0 spiro atoms. The number of aromatic carboxylic acids is 1. The number of nitrogens with one attached hydrogen (secondary N) is 1. The van der Waals surface area contributed by atoms with Crippen molar-refractivity contribution in [2.45, 2.75) is 38.3 Å². The average Bonchev–Trinajstić information content (AvgIpc) is 3.42. The van der Waals surface area contributed by atoms with E-state index in [4.69, 9.17) is 26.2 Å². The fourth-order valence-electron chi connectivity index (χ4n) is 4.39. The molecule has 3 rings (SSSR count). The van der Waals surface area contributed by atoms with Gasteiger partial charge in [0.25, 0.3) is 0 Å². The first kappa shape index (κ1) is 29.6. The molecule has 0 saturated carbocycles. The molecule has 0 aliphatic carbocycles. The minimum absolute atomic E-state index is 0.106.